The van der Waals surface area contributed by atoms with Crippen molar-refractivity contribution in [2.24, 2.45) is 0 Å². The Morgan fingerprint density at radius 1 is 1.21 bits per heavy atom. The molecule has 96 valence electrons. The highest BCUT2D eigenvalue weighted by Crippen LogP contribution is 2.31. The van der Waals surface area contributed by atoms with Gasteiger partial charge in [0.1, 0.15) is 11.6 Å². The molecule has 0 saturated heterocycles. The number of nitriles is 1. The van der Waals surface area contributed by atoms with E-state index in [1.807, 2.05) is 6.07 Å². The highest BCUT2D eigenvalue weighted by molar-refractivity contribution is 5.75. The van der Waals surface area contributed by atoms with Gasteiger partial charge in [0, 0.05) is 6.07 Å². The Hall–Kier alpha value is -2.74. The van der Waals surface area contributed by atoms with E-state index in [9.17, 15) is 4.39 Å². The lowest BCUT2D eigenvalue weighted by Crippen LogP contribution is -1.99. The quantitative estimate of drug-likeness (QED) is 0.829. The molecule has 0 heterocycles. The first-order valence-corrected chi connectivity index (χ1v) is 5.54. The topological polar surface area (TPSA) is 71.1 Å². The fourth-order valence-electron chi connectivity index (χ4n) is 1.65. The van der Waals surface area contributed by atoms with E-state index in [-0.39, 0.29) is 5.82 Å². The molecule has 0 aliphatic carbocycles. The third-order valence-corrected chi connectivity index (χ3v) is 2.62. The smallest absolute Gasteiger partial charge is 0.143 e. The molecule has 3 N–H and O–H groups in total. The average molecular weight is 257 g/mol. The average Bonchev–Trinajstić information content (AvgIpc) is 2.43. The molecule has 0 unspecified atom stereocenters. The minimum absolute atomic E-state index is 0.385. The van der Waals surface area contributed by atoms with Gasteiger partial charge < -0.3 is 15.8 Å². The highest BCUT2D eigenvalue weighted by atomic mass is 19.1. The Morgan fingerprint density at radius 2 is 2.00 bits per heavy atom. The van der Waals surface area contributed by atoms with E-state index >= 15 is 0 Å². The lowest BCUT2D eigenvalue weighted by atomic mass is 10.2. The predicted molar refractivity (Wildman–Crippen MR) is 71.8 cm³/mol. The number of methoxy groups -OCH3 is 1. The van der Waals surface area contributed by atoms with Gasteiger partial charge in [-0.15, -0.1) is 0 Å². The largest absolute Gasteiger partial charge is 0.495 e. The summed E-state index contributed by atoms with van der Waals surface area (Å²) in [7, 11) is 1.50. The van der Waals surface area contributed by atoms with Gasteiger partial charge in [-0.25, -0.2) is 4.39 Å². The zero-order valence-corrected chi connectivity index (χ0v) is 10.3. The van der Waals surface area contributed by atoms with Crippen LogP contribution in [0.4, 0.5) is 21.5 Å². The van der Waals surface area contributed by atoms with Crippen LogP contribution in [0.3, 0.4) is 0 Å². The van der Waals surface area contributed by atoms with Crippen LogP contribution in [0.15, 0.2) is 36.4 Å². The zero-order valence-electron chi connectivity index (χ0n) is 10.3. The summed E-state index contributed by atoms with van der Waals surface area (Å²) >= 11 is 0. The maximum Gasteiger partial charge on any atom is 0.143 e. The molecular weight excluding hydrogens is 245 g/mol. The van der Waals surface area contributed by atoms with Crippen molar-refractivity contribution in [2.45, 2.75) is 0 Å². The molecule has 0 fully saturated rings. The van der Waals surface area contributed by atoms with Crippen LogP contribution in [-0.2, 0) is 0 Å². The van der Waals surface area contributed by atoms with E-state index in [0.29, 0.717) is 28.4 Å². The fourth-order valence-corrected chi connectivity index (χ4v) is 1.65. The van der Waals surface area contributed by atoms with Crippen LogP contribution in [0.25, 0.3) is 0 Å². The Balaban J connectivity index is 2.38. The number of nitrogen functional groups attached to an aromatic ring is 1. The number of nitrogens with zero attached hydrogens (tertiary/aromatic N) is 1. The van der Waals surface area contributed by atoms with Crippen molar-refractivity contribution < 1.29 is 9.13 Å². The number of halogens is 1. The molecule has 4 nitrogen and oxygen atoms in total. The standard InChI is InChI=1S/C14H12FN3O/c1-19-14-6-9(8-16)2-5-12(14)18-13-7-10(15)3-4-11(13)17/h2-7,18H,17H2,1H3. The predicted octanol–water partition coefficient (Wildman–Crippen LogP) is 3.03. The summed E-state index contributed by atoms with van der Waals surface area (Å²) in [6.07, 6.45) is 0. The molecule has 0 bridgehead atoms. The minimum Gasteiger partial charge on any atom is -0.495 e. The van der Waals surface area contributed by atoms with Crippen LogP contribution in [-0.4, -0.2) is 7.11 Å². The Morgan fingerprint density at radius 3 is 2.68 bits per heavy atom. The number of nitrogens with one attached hydrogen (secondary N) is 1. The second kappa shape index (κ2) is 5.27. The number of rotatable bonds is 3. The third kappa shape index (κ3) is 2.75. The van der Waals surface area contributed by atoms with Crippen molar-refractivity contribution in [2.75, 3.05) is 18.2 Å². The molecule has 0 aliphatic heterocycles. The van der Waals surface area contributed by atoms with Gasteiger partial charge in [-0.05, 0) is 30.3 Å². The van der Waals surface area contributed by atoms with Crippen LogP contribution in [0, 0.1) is 17.1 Å². The van der Waals surface area contributed by atoms with E-state index < -0.39 is 0 Å². The van der Waals surface area contributed by atoms with E-state index in [1.54, 1.807) is 18.2 Å². The fraction of sp³-hybridized carbons (Fsp3) is 0.0714. The molecule has 2 aromatic carbocycles. The molecule has 0 atom stereocenters. The summed E-state index contributed by atoms with van der Waals surface area (Å²) in [6, 6.07) is 11.0. The minimum atomic E-state index is -0.385. The Bertz CT molecular complexity index is 650. The first kappa shape index (κ1) is 12.7. The molecular formula is C14H12FN3O. The van der Waals surface area contributed by atoms with Gasteiger partial charge in [0.25, 0.3) is 0 Å². The summed E-state index contributed by atoms with van der Waals surface area (Å²) < 4.78 is 18.4. The lowest BCUT2D eigenvalue weighted by Gasteiger charge is -2.13. The number of hydrogen-bond donors (Lipinski definition) is 2. The molecule has 0 saturated carbocycles. The molecule has 0 aliphatic rings. The highest BCUT2D eigenvalue weighted by Gasteiger charge is 2.07. The van der Waals surface area contributed by atoms with Gasteiger partial charge in [-0.1, -0.05) is 0 Å². The Kier molecular flexibility index (Phi) is 3.53. The molecule has 0 radical (unpaired) electrons. The number of benzene rings is 2. The van der Waals surface area contributed by atoms with E-state index in [4.69, 9.17) is 15.7 Å². The molecule has 0 amide bonds. The van der Waals surface area contributed by atoms with E-state index in [0.717, 1.165) is 0 Å². The first-order chi connectivity index (χ1) is 9.13. The summed E-state index contributed by atoms with van der Waals surface area (Å²) in [5.41, 5.74) is 7.72. The maximum absolute atomic E-state index is 13.2. The molecule has 2 rings (SSSR count). The summed E-state index contributed by atoms with van der Waals surface area (Å²) in [5, 5.41) is 11.8. The monoisotopic (exact) mass is 257 g/mol. The molecule has 0 aromatic heterocycles. The van der Waals surface area contributed by atoms with Crippen molar-refractivity contribution in [3.63, 3.8) is 0 Å². The number of hydrogen-bond acceptors (Lipinski definition) is 4. The van der Waals surface area contributed by atoms with Gasteiger partial charge >= 0.3 is 0 Å². The van der Waals surface area contributed by atoms with E-state index in [1.165, 1.54) is 25.3 Å². The van der Waals surface area contributed by atoms with Crippen LogP contribution < -0.4 is 15.8 Å². The second-order valence-electron chi connectivity index (χ2n) is 3.88. The maximum atomic E-state index is 13.2. The number of ether oxygens (including phenoxy) is 1. The zero-order chi connectivity index (χ0) is 13.8. The van der Waals surface area contributed by atoms with Gasteiger partial charge in [0.2, 0.25) is 0 Å². The van der Waals surface area contributed by atoms with Crippen LogP contribution in [0.2, 0.25) is 0 Å². The number of nitrogens with two attached hydrogens (primary N) is 1. The molecule has 2 aromatic rings. The van der Waals surface area contributed by atoms with Gasteiger partial charge in [-0.3, -0.25) is 0 Å². The van der Waals surface area contributed by atoms with Crippen LogP contribution in [0.5, 0.6) is 5.75 Å². The SMILES string of the molecule is COc1cc(C#N)ccc1Nc1cc(F)ccc1N. The summed E-state index contributed by atoms with van der Waals surface area (Å²) in [5.74, 6) is 0.104. The molecule has 0 spiro atoms. The summed E-state index contributed by atoms with van der Waals surface area (Å²) in [4.78, 5) is 0. The Labute approximate surface area is 110 Å². The van der Waals surface area contributed by atoms with Crippen molar-refractivity contribution in [3.8, 4) is 11.8 Å². The van der Waals surface area contributed by atoms with Gasteiger partial charge in [0.05, 0.1) is 35.8 Å². The number of anilines is 3. The van der Waals surface area contributed by atoms with Crippen molar-refractivity contribution in [1.82, 2.24) is 0 Å². The normalized spacial score (nSPS) is 9.74. The van der Waals surface area contributed by atoms with Crippen molar-refractivity contribution >= 4 is 17.1 Å². The third-order valence-electron chi connectivity index (χ3n) is 2.62. The van der Waals surface area contributed by atoms with Gasteiger partial charge in [0.15, 0.2) is 0 Å². The first-order valence-electron chi connectivity index (χ1n) is 5.54. The summed E-state index contributed by atoms with van der Waals surface area (Å²) in [6.45, 7) is 0. The molecule has 19 heavy (non-hydrogen) atoms. The van der Waals surface area contributed by atoms with Crippen LogP contribution in [0.1, 0.15) is 5.56 Å². The van der Waals surface area contributed by atoms with Crippen molar-refractivity contribution in [1.29, 1.82) is 5.26 Å². The van der Waals surface area contributed by atoms with Crippen molar-refractivity contribution in [3.05, 3.63) is 47.8 Å². The molecule has 5 heteroatoms. The second-order valence-corrected chi connectivity index (χ2v) is 3.88. The lowest BCUT2D eigenvalue weighted by molar-refractivity contribution is 0.416. The van der Waals surface area contributed by atoms with Gasteiger partial charge in [-0.2, -0.15) is 5.26 Å². The van der Waals surface area contributed by atoms with E-state index in [2.05, 4.69) is 5.32 Å². The van der Waals surface area contributed by atoms with Crippen LogP contribution >= 0.6 is 0 Å².